The van der Waals surface area contributed by atoms with Gasteiger partial charge in [0, 0.05) is 51.1 Å². The molecule has 8 heteroatoms. The van der Waals surface area contributed by atoms with E-state index in [0.717, 1.165) is 18.7 Å². The van der Waals surface area contributed by atoms with Crippen molar-refractivity contribution < 1.29 is 19.4 Å². The first-order chi connectivity index (χ1) is 14.9. The Balaban J connectivity index is 1.50. The van der Waals surface area contributed by atoms with Gasteiger partial charge in [-0.1, -0.05) is 35.9 Å². The number of ether oxygens (including phenoxy) is 1. The summed E-state index contributed by atoms with van der Waals surface area (Å²) in [4.78, 5) is 27.8. The number of benzene rings is 2. The molecule has 166 valence electrons. The van der Waals surface area contributed by atoms with Crippen LogP contribution in [0.15, 0.2) is 48.5 Å². The summed E-state index contributed by atoms with van der Waals surface area (Å²) >= 11 is 5.95. The predicted octanol–water partition coefficient (Wildman–Crippen LogP) is 2.77. The van der Waals surface area contributed by atoms with Crippen LogP contribution in [0, 0.1) is 0 Å². The zero-order valence-electron chi connectivity index (χ0n) is 17.6. The first-order valence-electron chi connectivity index (χ1n) is 10.3. The van der Waals surface area contributed by atoms with Crippen molar-refractivity contribution in [2.45, 2.75) is 26.0 Å². The third-order valence-electron chi connectivity index (χ3n) is 5.06. The number of halogens is 1. The minimum atomic E-state index is -0.836. The quantitative estimate of drug-likeness (QED) is 0.653. The maximum absolute atomic E-state index is 12.5. The lowest BCUT2D eigenvalue weighted by Crippen LogP contribution is -2.40. The van der Waals surface area contributed by atoms with E-state index in [4.69, 9.17) is 16.3 Å². The Morgan fingerprint density at radius 1 is 1.16 bits per heavy atom. The van der Waals surface area contributed by atoms with E-state index >= 15 is 0 Å². The first-order valence-corrected chi connectivity index (χ1v) is 10.7. The summed E-state index contributed by atoms with van der Waals surface area (Å²) in [6.07, 6.45) is -0.427. The van der Waals surface area contributed by atoms with Crippen molar-refractivity contribution in [1.29, 1.82) is 0 Å². The molecule has 3 rings (SSSR count). The van der Waals surface area contributed by atoms with E-state index in [9.17, 15) is 14.7 Å². The van der Waals surface area contributed by atoms with Crippen molar-refractivity contribution in [2.75, 3.05) is 38.1 Å². The van der Waals surface area contributed by atoms with Crippen LogP contribution in [0.5, 0.6) is 5.75 Å². The molecule has 2 amide bonds. The van der Waals surface area contributed by atoms with Crippen molar-refractivity contribution in [3.05, 3.63) is 59.1 Å². The number of anilines is 1. The largest absolute Gasteiger partial charge is 0.489 e. The van der Waals surface area contributed by atoms with Crippen molar-refractivity contribution in [1.82, 2.24) is 9.80 Å². The zero-order valence-corrected chi connectivity index (χ0v) is 18.3. The summed E-state index contributed by atoms with van der Waals surface area (Å²) < 4.78 is 5.69. The van der Waals surface area contributed by atoms with E-state index in [0.29, 0.717) is 36.0 Å². The Bertz CT molecular complexity index is 891. The lowest BCUT2D eigenvalue weighted by molar-refractivity contribution is -0.132. The normalized spacial score (nSPS) is 16.0. The van der Waals surface area contributed by atoms with Crippen LogP contribution in [0.2, 0.25) is 5.02 Å². The molecule has 2 aromatic carbocycles. The number of nitrogens with one attached hydrogen (secondary N) is 1. The maximum Gasteiger partial charge on any atom is 0.223 e. The van der Waals surface area contributed by atoms with Crippen molar-refractivity contribution in [2.24, 2.45) is 0 Å². The Morgan fingerprint density at radius 2 is 1.90 bits per heavy atom. The minimum absolute atomic E-state index is 0.0227. The molecule has 1 heterocycles. The minimum Gasteiger partial charge on any atom is -0.489 e. The molecule has 0 bridgehead atoms. The fourth-order valence-electron chi connectivity index (χ4n) is 3.49. The molecule has 1 unspecified atom stereocenters. The van der Waals surface area contributed by atoms with Crippen LogP contribution in [-0.2, 0) is 16.1 Å². The molecule has 0 spiro atoms. The fraction of sp³-hybridized carbons (Fsp3) is 0.391. The van der Waals surface area contributed by atoms with Gasteiger partial charge < -0.3 is 20.1 Å². The Morgan fingerprint density at radius 3 is 2.65 bits per heavy atom. The first kappa shape index (κ1) is 23.1. The van der Waals surface area contributed by atoms with Crippen molar-refractivity contribution in [3.63, 3.8) is 0 Å². The molecule has 0 radical (unpaired) electrons. The molecule has 2 aromatic rings. The third-order valence-corrected chi connectivity index (χ3v) is 5.31. The number of rotatable bonds is 8. The zero-order chi connectivity index (χ0) is 22.2. The van der Waals surface area contributed by atoms with Gasteiger partial charge in [-0.25, -0.2) is 0 Å². The lowest BCUT2D eigenvalue weighted by Gasteiger charge is -2.25. The molecule has 1 fully saturated rings. The van der Waals surface area contributed by atoms with Gasteiger partial charge in [-0.05, 0) is 29.8 Å². The molecular formula is C23H28ClN3O4. The Labute approximate surface area is 187 Å². The molecule has 0 aromatic heterocycles. The smallest absolute Gasteiger partial charge is 0.223 e. The number of hydrogen-bond donors (Lipinski definition) is 2. The second-order valence-electron chi connectivity index (χ2n) is 7.63. The number of nitrogens with zero attached hydrogens (tertiary/aromatic N) is 2. The van der Waals surface area contributed by atoms with Gasteiger partial charge in [0.1, 0.15) is 18.5 Å². The number of β-amino-alcohol motifs (C(OH)–C–C–N with tert-alkyl or cyclic N) is 1. The number of amides is 2. The van der Waals surface area contributed by atoms with Crippen LogP contribution in [0.3, 0.4) is 0 Å². The number of carbonyl (C=O) groups excluding carboxylic acids is 2. The van der Waals surface area contributed by atoms with Gasteiger partial charge >= 0.3 is 0 Å². The molecule has 1 saturated heterocycles. The molecule has 7 nitrogen and oxygen atoms in total. The van der Waals surface area contributed by atoms with Crippen LogP contribution < -0.4 is 10.1 Å². The Hall–Kier alpha value is -2.61. The highest BCUT2D eigenvalue weighted by Crippen LogP contribution is 2.24. The van der Waals surface area contributed by atoms with Gasteiger partial charge in [0.2, 0.25) is 11.8 Å². The van der Waals surface area contributed by atoms with E-state index in [1.807, 2.05) is 24.3 Å². The summed E-state index contributed by atoms with van der Waals surface area (Å²) in [7, 11) is 0. The van der Waals surface area contributed by atoms with E-state index in [-0.39, 0.29) is 25.0 Å². The van der Waals surface area contributed by atoms with Crippen molar-refractivity contribution in [3.8, 4) is 5.75 Å². The summed E-state index contributed by atoms with van der Waals surface area (Å²) in [5.74, 6) is 0.305. The molecule has 1 aliphatic heterocycles. The highest BCUT2D eigenvalue weighted by atomic mass is 35.5. The second-order valence-corrected chi connectivity index (χ2v) is 8.07. The van der Waals surface area contributed by atoms with Crippen LogP contribution in [0.25, 0.3) is 0 Å². The number of carbonyl (C=O) groups is 2. The average molecular weight is 446 g/mol. The molecule has 0 aliphatic carbocycles. The number of aliphatic hydroxyl groups is 1. The highest BCUT2D eigenvalue weighted by molar-refractivity contribution is 6.30. The van der Waals surface area contributed by atoms with E-state index in [2.05, 4.69) is 10.2 Å². The average Bonchev–Trinajstić information content (AvgIpc) is 2.90. The summed E-state index contributed by atoms with van der Waals surface area (Å²) in [5.41, 5.74) is 1.70. The summed E-state index contributed by atoms with van der Waals surface area (Å²) in [6, 6.07) is 14.8. The van der Waals surface area contributed by atoms with Crippen LogP contribution in [-0.4, -0.2) is 65.6 Å². The van der Waals surface area contributed by atoms with Gasteiger partial charge in [0.25, 0.3) is 0 Å². The number of aliphatic hydroxyl groups excluding tert-OH is 1. The standard InChI is InChI=1S/C23H28ClN3O4/c1-17(28)25-21-4-2-3-5-22(21)31-16-20(29)15-27-13-12-26(11-10-23(27)30)14-18-6-8-19(24)9-7-18/h2-9,20,29H,10-16H2,1H3,(H,25,28). The van der Waals surface area contributed by atoms with Crippen LogP contribution >= 0.6 is 11.6 Å². The molecule has 1 atom stereocenters. The van der Waals surface area contributed by atoms with Crippen LogP contribution in [0.1, 0.15) is 18.9 Å². The molecule has 1 aliphatic rings. The molecular weight excluding hydrogens is 418 g/mol. The molecule has 31 heavy (non-hydrogen) atoms. The van der Waals surface area contributed by atoms with Gasteiger partial charge in [-0.3, -0.25) is 14.5 Å². The summed E-state index contributed by atoms with van der Waals surface area (Å²) in [6.45, 7) is 4.36. The summed E-state index contributed by atoms with van der Waals surface area (Å²) in [5, 5.41) is 13.8. The van der Waals surface area contributed by atoms with E-state index in [1.54, 1.807) is 29.2 Å². The topological polar surface area (TPSA) is 82.1 Å². The highest BCUT2D eigenvalue weighted by Gasteiger charge is 2.23. The molecule has 0 saturated carbocycles. The van der Waals surface area contributed by atoms with Gasteiger partial charge in [0.05, 0.1) is 5.69 Å². The van der Waals surface area contributed by atoms with Crippen LogP contribution in [0.4, 0.5) is 5.69 Å². The van der Waals surface area contributed by atoms with Gasteiger partial charge in [-0.2, -0.15) is 0 Å². The predicted molar refractivity (Wildman–Crippen MR) is 120 cm³/mol. The molecule has 2 N–H and O–H groups in total. The maximum atomic E-state index is 12.5. The number of para-hydroxylation sites is 2. The van der Waals surface area contributed by atoms with Crippen molar-refractivity contribution >= 4 is 29.1 Å². The van der Waals surface area contributed by atoms with E-state index in [1.165, 1.54) is 6.92 Å². The Kier molecular flexibility index (Phi) is 8.28. The second kappa shape index (κ2) is 11.1. The van der Waals surface area contributed by atoms with Gasteiger partial charge in [0.15, 0.2) is 0 Å². The van der Waals surface area contributed by atoms with Gasteiger partial charge in [-0.15, -0.1) is 0 Å². The fourth-order valence-corrected chi connectivity index (χ4v) is 3.61. The monoisotopic (exact) mass is 445 g/mol. The third kappa shape index (κ3) is 7.24. The SMILES string of the molecule is CC(=O)Nc1ccccc1OCC(O)CN1CCN(Cc2ccc(Cl)cc2)CCC1=O. The lowest BCUT2D eigenvalue weighted by atomic mass is 10.2. The number of hydrogen-bond acceptors (Lipinski definition) is 5. The van der Waals surface area contributed by atoms with E-state index < -0.39 is 6.10 Å².